The van der Waals surface area contributed by atoms with Crippen molar-refractivity contribution in [2.24, 2.45) is 0 Å². The number of rotatable bonds is 3. The number of amides is 1. The van der Waals surface area contributed by atoms with E-state index < -0.39 is 18.1 Å². The van der Waals surface area contributed by atoms with Gasteiger partial charge in [0.2, 0.25) is 5.91 Å². The molecule has 92 valence electrons. The van der Waals surface area contributed by atoms with E-state index >= 15 is 0 Å². The first kappa shape index (κ1) is 11.6. The summed E-state index contributed by atoms with van der Waals surface area (Å²) >= 11 is 0. The van der Waals surface area contributed by atoms with Crippen molar-refractivity contribution in [3.8, 4) is 0 Å². The van der Waals surface area contributed by atoms with E-state index in [1.165, 1.54) is 11.1 Å². The number of aromatic amines is 1. The van der Waals surface area contributed by atoms with Gasteiger partial charge in [0, 0.05) is 24.9 Å². The molecule has 0 aromatic carbocycles. The Morgan fingerprint density at radius 2 is 2.35 bits per heavy atom. The molecule has 1 aliphatic rings. The van der Waals surface area contributed by atoms with Crippen LogP contribution in [0.5, 0.6) is 0 Å². The largest absolute Gasteiger partial charge is 0.480 e. The molecule has 7 nitrogen and oxygen atoms in total. The van der Waals surface area contributed by atoms with Crippen LogP contribution in [0.1, 0.15) is 12.1 Å². The zero-order valence-electron chi connectivity index (χ0n) is 9.04. The van der Waals surface area contributed by atoms with E-state index in [0.29, 0.717) is 5.69 Å². The molecule has 0 unspecified atom stereocenters. The molecule has 2 heterocycles. The van der Waals surface area contributed by atoms with Crippen LogP contribution in [0.3, 0.4) is 0 Å². The Kier molecular flexibility index (Phi) is 3.10. The van der Waals surface area contributed by atoms with E-state index in [2.05, 4.69) is 10.2 Å². The molecule has 17 heavy (non-hydrogen) atoms. The molecular weight excluding hydrogens is 226 g/mol. The van der Waals surface area contributed by atoms with Crippen LogP contribution in [-0.2, 0) is 16.0 Å². The Morgan fingerprint density at radius 1 is 1.59 bits per heavy atom. The molecule has 1 aliphatic heterocycles. The minimum absolute atomic E-state index is 0.0660. The van der Waals surface area contributed by atoms with Crippen molar-refractivity contribution in [1.82, 2.24) is 15.1 Å². The summed E-state index contributed by atoms with van der Waals surface area (Å²) in [7, 11) is 0. The number of aliphatic carboxylic acids is 1. The van der Waals surface area contributed by atoms with Crippen LogP contribution in [0, 0.1) is 0 Å². The second kappa shape index (κ2) is 4.54. The number of likely N-dealkylation sites (tertiary alicyclic amines) is 1. The van der Waals surface area contributed by atoms with Gasteiger partial charge in [-0.2, -0.15) is 5.10 Å². The molecule has 1 aromatic heterocycles. The summed E-state index contributed by atoms with van der Waals surface area (Å²) in [5.41, 5.74) is 0.625. The van der Waals surface area contributed by atoms with Crippen molar-refractivity contribution in [3.05, 3.63) is 18.0 Å². The first-order chi connectivity index (χ1) is 8.08. The maximum absolute atomic E-state index is 11.9. The Hall–Kier alpha value is -1.89. The molecule has 0 spiro atoms. The summed E-state index contributed by atoms with van der Waals surface area (Å²) in [5, 5.41) is 24.7. The molecule has 1 aromatic rings. The molecule has 0 saturated carbocycles. The Bertz CT molecular complexity index is 417. The Labute approximate surface area is 97.0 Å². The lowest BCUT2D eigenvalue weighted by Gasteiger charge is -2.20. The first-order valence-corrected chi connectivity index (χ1v) is 5.26. The summed E-state index contributed by atoms with van der Waals surface area (Å²) in [4.78, 5) is 24.0. The van der Waals surface area contributed by atoms with Gasteiger partial charge >= 0.3 is 5.97 Å². The normalized spacial score (nSPS) is 23.9. The van der Waals surface area contributed by atoms with Crippen molar-refractivity contribution in [1.29, 1.82) is 0 Å². The molecule has 0 radical (unpaired) electrons. The molecule has 1 fully saturated rings. The molecule has 2 rings (SSSR count). The average Bonchev–Trinajstić information content (AvgIpc) is 2.86. The van der Waals surface area contributed by atoms with E-state index in [-0.39, 0.29) is 25.3 Å². The van der Waals surface area contributed by atoms with E-state index in [0.717, 1.165) is 0 Å². The summed E-state index contributed by atoms with van der Waals surface area (Å²) in [6.45, 7) is 0.0734. The second-order valence-electron chi connectivity index (χ2n) is 4.05. The van der Waals surface area contributed by atoms with Crippen molar-refractivity contribution >= 4 is 11.9 Å². The van der Waals surface area contributed by atoms with Gasteiger partial charge in [-0.05, 0) is 6.07 Å². The highest BCUT2D eigenvalue weighted by atomic mass is 16.4. The van der Waals surface area contributed by atoms with Crippen LogP contribution in [-0.4, -0.2) is 55.9 Å². The lowest BCUT2D eigenvalue weighted by molar-refractivity contribution is -0.148. The predicted molar refractivity (Wildman–Crippen MR) is 56.1 cm³/mol. The van der Waals surface area contributed by atoms with Crippen LogP contribution in [0.15, 0.2) is 12.3 Å². The van der Waals surface area contributed by atoms with Gasteiger partial charge in [-0.1, -0.05) is 0 Å². The van der Waals surface area contributed by atoms with Crippen molar-refractivity contribution in [2.75, 3.05) is 6.54 Å². The number of nitrogens with zero attached hydrogens (tertiary/aromatic N) is 2. The predicted octanol–water partition coefficient (Wildman–Crippen LogP) is -1.00. The van der Waals surface area contributed by atoms with Gasteiger partial charge in [0.1, 0.15) is 6.04 Å². The lowest BCUT2D eigenvalue weighted by atomic mass is 10.2. The van der Waals surface area contributed by atoms with E-state index in [4.69, 9.17) is 5.11 Å². The Morgan fingerprint density at radius 3 is 2.94 bits per heavy atom. The highest BCUT2D eigenvalue weighted by Crippen LogP contribution is 2.19. The van der Waals surface area contributed by atoms with Gasteiger partial charge < -0.3 is 15.1 Å². The standard InChI is InChI=1S/C10H13N3O4/c14-7-4-8(10(16)17)13(5-7)9(15)3-6-1-2-11-12-6/h1-2,7-8,14H,3-5H2,(H,11,12)(H,16,17)/t7-,8-/m1/s1. The number of aliphatic hydroxyl groups excluding tert-OH is 1. The zero-order valence-corrected chi connectivity index (χ0v) is 9.04. The minimum atomic E-state index is -1.08. The van der Waals surface area contributed by atoms with Gasteiger partial charge in [-0.15, -0.1) is 0 Å². The maximum Gasteiger partial charge on any atom is 0.326 e. The topological polar surface area (TPSA) is 107 Å². The number of carbonyl (C=O) groups excluding carboxylic acids is 1. The van der Waals surface area contributed by atoms with Crippen molar-refractivity contribution < 1.29 is 19.8 Å². The number of hydrogen-bond acceptors (Lipinski definition) is 4. The van der Waals surface area contributed by atoms with Crippen molar-refractivity contribution in [3.63, 3.8) is 0 Å². The van der Waals surface area contributed by atoms with Crippen LogP contribution in [0.25, 0.3) is 0 Å². The van der Waals surface area contributed by atoms with Crippen LogP contribution in [0.2, 0.25) is 0 Å². The van der Waals surface area contributed by atoms with Gasteiger partial charge in [-0.25, -0.2) is 4.79 Å². The summed E-state index contributed by atoms with van der Waals surface area (Å²) in [6.07, 6.45) is 0.915. The Balaban J connectivity index is 2.05. The molecular formula is C10H13N3O4. The third kappa shape index (κ3) is 2.44. The number of carbonyl (C=O) groups is 2. The number of carboxylic acid groups (broad SMARTS) is 1. The van der Waals surface area contributed by atoms with Gasteiger partial charge in [0.25, 0.3) is 0 Å². The number of hydrogen-bond donors (Lipinski definition) is 3. The molecule has 1 amide bonds. The molecule has 3 N–H and O–H groups in total. The highest BCUT2D eigenvalue weighted by molar-refractivity contribution is 5.85. The lowest BCUT2D eigenvalue weighted by Crippen LogP contribution is -2.41. The van der Waals surface area contributed by atoms with E-state index in [9.17, 15) is 14.7 Å². The summed E-state index contributed by atoms with van der Waals surface area (Å²) in [5.74, 6) is -1.40. The third-order valence-electron chi connectivity index (χ3n) is 2.78. The van der Waals surface area contributed by atoms with Gasteiger partial charge in [-0.3, -0.25) is 9.89 Å². The quantitative estimate of drug-likeness (QED) is 0.627. The fourth-order valence-electron chi connectivity index (χ4n) is 1.97. The smallest absolute Gasteiger partial charge is 0.326 e. The van der Waals surface area contributed by atoms with Crippen molar-refractivity contribution in [2.45, 2.75) is 25.0 Å². The van der Waals surface area contributed by atoms with E-state index in [1.807, 2.05) is 0 Å². The van der Waals surface area contributed by atoms with Crippen LogP contribution < -0.4 is 0 Å². The van der Waals surface area contributed by atoms with Gasteiger partial charge in [0.05, 0.1) is 12.5 Å². The zero-order chi connectivity index (χ0) is 12.4. The SMILES string of the molecule is O=C(O)[C@H]1C[C@@H](O)CN1C(=O)Cc1ccn[nH]1. The monoisotopic (exact) mass is 239 g/mol. The first-order valence-electron chi connectivity index (χ1n) is 5.26. The van der Waals surface area contributed by atoms with Crippen LogP contribution in [0.4, 0.5) is 0 Å². The van der Waals surface area contributed by atoms with Crippen LogP contribution >= 0.6 is 0 Å². The molecule has 0 bridgehead atoms. The molecule has 0 aliphatic carbocycles. The van der Waals surface area contributed by atoms with E-state index in [1.54, 1.807) is 6.07 Å². The second-order valence-corrected chi connectivity index (χ2v) is 4.05. The number of H-pyrrole nitrogens is 1. The highest BCUT2D eigenvalue weighted by Gasteiger charge is 2.38. The summed E-state index contributed by atoms with van der Waals surface area (Å²) in [6, 6.07) is 0.723. The number of nitrogens with one attached hydrogen (secondary N) is 1. The fraction of sp³-hybridized carbons (Fsp3) is 0.500. The maximum atomic E-state index is 11.9. The third-order valence-corrected chi connectivity index (χ3v) is 2.78. The number of β-amino-alcohol motifs (C(OH)–C–C–N with tert-alkyl or cyclic N) is 1. The minimum Gasteiger partial charge on any atom is -0.480 e. The van der Waals surface area contributed by atoms with Gasteiger partial charge in [0.15, 0.2) is 0 Å². The average molecular weight is 239 g/mol. The molecule has 7 heteroatoms. The fourth-order valence-corrected chi connectivity index (χ4v) is 1.97. The number of carboxylic acids is 1. The molecule has 1 saturated heterocycles. The molecule has 2 atom stereocenters. The number of aliphatic hydroxyl groups is 1. The number of aromatic nitrogens is 2. The summed E-state index contributed by atoms with van der Waals surface area (Å²) < 4.78 is 0.